The van der Waals surface area contributed by atoms with Gasteiger partial charge in [0.15, 0.2) is 5.16 Å². The van der Waals surface area contributed by atoms with Crippen LogP contribution in [0.5, 0.6) is 0 Å². The fourth-order valence-electron chi connectivity index (χ4n) is 4.03. The molecule has 0 unspecified atom stereocenters. The predicted octanol–water partition coefficient (Wildman–Crippen LogP) is 4.37. The first-order valence-corrected chi connectivity index (χ1v) is 12.6. The Morgan fingerprint density at radius 1 is 1.06 bits per heavy atom. The number of amides is 1. The van der Waals surface area contributed by atoms with Crippen molar-refractivity contribution in [1.29, 1.82) is 0 Å². The monoisotopic (exact) mass is 477 g/mol. The molecule has 6 nitrogen and oxygen atoms in total. The fourth-order valence-corrected chi connectivity index (χ4v) is 6.03. The van der Waals surface area contributed by atoms with Gasteiger partial charge in [-0.2, -0.15) is 0 Å². The summed E-state index contributed by atoms with van der Waals surface area (Å²) in [7, 11) is 0. The van der Waals surface area contributed by atoms with Gasteiger partial charge in [0, 0.05) is 23.5 Å². The number of morpholine rings is 1. The van der Waals surface area contributed by atoms with E-state index in [1.165, 1.54) is 23.1 Å². The molecule has 1 fully saturated rings. The summed E-state index contributed by atoms with van der Waals surface area (Å²) in [6.45, 7) is 4.34. The van der Waals surface area contributed by atoms with E-state index in [0.717, 1.165) is 21.7 Å². The quantitative estimate of drug-likeness (QED) is 0.315. The number of hydrogen-bond donors (Lipinski definition) is 0. The van der Waals surface area contributed by atoms with Crippen LogP contribution in [0.25, 0.3) is 27.0 Å². The SMILES string of the molecule is Cc1sc2nc(SCC(=O)N3CCOCC3)n(-c3ccccc3)c(=O)c2c1-c1ccccc1. The van der Waals surface area contributed by atoms with Gasteiger partial charge in [0.25, 0.3) is 5.56 Å². The number of para-hydroxylation sites is 1. The topological polar surface area (TPSA) is 64.4 Å². The summed E-state index contributed by atoms with van der Waals surface area (Å²) in [6.07, 6.45) is 0. The molecule has 1 amide bonds. The number of rotatable bonds is 5. The van der Waals surface area contributed by atoms with Crippen LogP contribution < -0.4 is 5.56 Å². The highest BCUT2D eigenvalue weighted by Gasteiger charge is 2.23. The molecule has 5 rings (SSSR count). The zero-order valence-corrected chi connectivity index (χ0v) is 19.8. The normalized spacial score (nSPS) is 14.0. The van der Waals surface area contributed by atoms with Crippen molar-refractivity contribution in [1.82, 2.24) is 14.5 Å². The van der Waals surface area contributed by atoms with Crippen molar-refractivity contribution in [2.24, 2.45) is 0 Å². The lowest BCUT2D eigenvalue weighted by Crippen LogP contribution is -2.41. The Kier molecular flexibility index (Phi) is 6.30. The zero-order valence-electron chi connectivity index (χ0n) is 18.2. The molecule has 4 aromatic rings. The molecule has 1 saturated heterocycles. The number of nitrogens with zero attached hydrogens (tertiary/aromatic N) is 3. The predicted molar refractivity (Wildman–Crippen MR) is 134 cm³/mol. The highest BCUT2D eigenvalue weighted by Crippen LogP contribution is 2.37. The molecule has 2 aromatic heterocycles. The van der Waals surface area contributed by atoms with E-state index >= 15 is 0 Å². The van der Waals surface area contributed by atoms with Crippen LogP contribution in [-0.2, 0) is 9.53 Å². The number of carbonyl (C=O) groups is 1. The van der Waals surface area contributed by atoms with E-state index in [1.54, 1.807) is 4.57 Å². The van der Waals surface area contributed by atoms with E-state index in [-0.39, 0.29) is 17.2 Å². The minimum Gasteiger partial charge on any atom is -0.378 e. The van der Waals surface area contributed by atoms with Gasteiger partial charge in [-0.15, -0.1) is 11.3 Å². The summed E-state index contributed by atoms with van der Waals surface area (Å²) in [6, 6.07) is 19.5. The van der Waals surface area contributed by atoms with Crippen molar-refractivity contribution in [2.45, 2.75) is 12.1 Å². The lowest BCUT2D eigenvalue weighted by molar-refractivity contribution is -0.132. The van der Waals surface area contributed by atoms with E-state index in [0.29, 0.717) is 41.7 Å². The van der Waals surface area contributed by atoms with Crippen LogP contribution in [0, 0.1) is 6.92 Å². The maximum absolute atomic E-state index is 13.9. The summed E-state index contributed by atoms with van der Waals surface area (Å²) < 4.78 is 6.98. The van der Waals surface area contributed by atoms with Gasteiger partial charge in [-0.3, -0.25) is 14.2 Å². The van der Waals surface area contributed by atoms with Crippen molar-refractivity contribution in [3.8, 4) is 16.8 Å². The van der Waals surface area contributed by atoms with Crippen molar-refractivity contribution >= 4 is 39.2 Å². The molecule has 0 spiro atoms. The van der Waals surface area contributed by atoms with E-state index < -0.39 is 0 Å². The van der Waals surface area contributed by atoms with Gasteiger partial charge in [0.05, 0.1) is 30.0 Å². The minimum atomic E-state index is -0.115. The number of fused-ring (bicyclic) bond motifs is 1. The molecule has 0 radical (unpaired) electrons. The number of aryl methyl sites for hydroxylation is 1. The zero-order chi connectivity index (χ0) is 22.8. The third kappa shape index (κ3) is 4.34. The summed E-state index contributed by atoms with van der Waals surface area (Å²) >= 11 is 2.83. The second-order valence-electron chi connectivity index (χ2n) is 7.73. The van der Waals surface area contributed by atoms with Gasteiger partial charge >= 0.3 is 0 Å². The Hall–Kier alpha value is -2.94. The van der Waals surface area contributed by atoms with Gasteiger partial charge in [0.1, 0.15) is 4.83 Å². The lowest BCUT2D eigenvalue weighted by atomic mass is 10.0. The number of ether oxygens (including phenoxy) is 1. The van der Waals surface area contributed by atoms with Gasteiger partial charge in [-0.1, -0.05) is 60.3 Å². The largest absolute Gasteiger partial charge is 0.378 e. The molecule has 3 heterocycles. The molecule has 0 saturated carbocycles. The molecule has 8 heteroatoms. The lowest BCUT2D eigenvalue weighted by Gasteiger charge is -2.26. The third-order valence-corrected chi connectivity index (χ3v) is 7.56. The van der Waals surface area contributed by atoms with E-state index in [2.05, 4.69) is 0 Å². The van der Waals surface area contributed by atoms with E-state index in [4.69, 9.17) is 9.72 Å². The molecule has 1 aliphatic rings. The Morgan fingerprint density at radius 3 is 2.42 bits per heavy atom. The maximum atomic E-state index is 13.9. The molecule has 2 aromatic carbocycles. The molecule has 0 bridgehead atoms. The van der Waals surface area contributed by atoms with Crippen LogP contribution in [0.15, 0.2) is 70.6 Å². The molecule has 1 aliphatic heterocycles. The third-order valence-electron chi connectivity index (χ3n) is 5.64. The first kappa shape index (κ1) is 21.9. The van der Waals surface area contributed by atoms with Crippen molar-refractivity contribution in [3.05, 3.63) is 75.9 Å². The average molecular weight is 478 g/mol. The Bertz CT molecular complexity index is 1340. The summed E-state index contributed by atoms with van der Waals surface area (Å²) in [4.78, 5) is 35.1. The average Bonchev–Trinajstić information content (AvgIpc) is 3.20. The second-order valence-corrected chi connectivity index (χ2v) is 9.88. The van der Waals surface area contributed by atoms with Crippen LogP contribution in [0.1, 0.15) is 4.88 Å². The number of thioether (sulfide) groups is 1. The van der Waals surface area contributed by atoms with Crippen molar-refractivity contribution in [2.75, 3.05) is 32.1 Å². The van der Waals surface area contributed by atoms with Gasteiger partial charge in [-0.25, -0.2) is 4.98 Å². The van der Waals surface area contributed by atoms with Gasteiger partial charge in [0.2, 0.25) is 5.91 Å². The van der Waals surface area contributed by atoms with E-state index in [1.807, 2.05) is 72.5 Å². The number of thiophene rings is 1. The first-order chi connectivity index (χ1) is 16.1. The smallest absolute Gasteiger partial charge is 0.268 e. The summed E-state index contributed by atoms with van der Waals surface area (Å²) in [5.74, 6) is 0.255. The van der Waals surface area contributed by atoms with Crippen molar-refractivity contribution < 1.29 is 9.53 Å². The fraction of sp³-hybridized carbons (Fsp3) is 0.240. The van der Waals surface area contributed by atoms with Crippen LogP contribution in [0.3, 0.4) is 0 Å². The second kappa shape index (κ2) is 9.51. The molecule has 33 heavy (non-hydrogen) atoms. The highest BCUT2D eigenvalue weighted by molar-refractivity contribution is 7.99. The molecular formula is C25H23N3O3S2. The number of hydrogen-bond acceptors (Lipinski definition) is 6. The molecule has 0 N–H and O–H groups in total. The minimum absolute atomic E-state index is 0.0320. The summed E-state index contributed by atoms with van der Waals surface area (Å²) in [5, 5.41) is 1.15. The molecule has 0 aliphatic carbocycles. The van der Waals surface area contributed by atoms with E-state index in [9.17, 15) is 9.59 Å². The van der Waals surface area contributed by atoms with Gasteiger partial charge in [-0.05, 0) is 24.6 Å². The Labute approximate surface area is 199 Å². The van der Waals surface area contributed by atoms with Crippen LogP contribution >= 0.6 is 23.1 Å². The number of carbonyl (C=O) groups excluding carboxylic acids is 1. The van der Waals surface area contributed by atoms with Crippen LogP contribution in [-0.4, -0.2) is 52.4 Å². The standard InChI is InChI=1S/C25H23N3O3S2/c1-17-21(18-8-4-2-5-9-18)22-23(33-17)26-25(28(24(22)30)19-10-6-3-7-11-19)32-16-20(29)27-12-14-31-15-13-27/h2-11H,12-16H2,1H3. The van der Waals surface area contributed by atoms with Crippen LogP contribution in [0.2, 0.25) is 0 Å². The summed E-state index contributed by atoms with van der Waals surface area (Å²) in [5.41, 5.74) is 2.55. The molecule has 0 atom stereocenters. The Balaban J connectivity index is 1.61. The molecular weight excluding hydrogens is 454 g/mol. The Morgan fingerprint density at radius 2 is 1.73 bits per heavy atom. The van der Waals surface area contributed by atoms with Crippen LogP contribution in [0.4, 0.5) is 0 Å². The highest BCUT2D eigenvalue weighted by atomic mass is 32.2. The van der Waals surface area contributed by atoms with Crippen molar-refractivity contribution in [3.63, 3.8) is 0 Å². The number of benzene rings is 2. The maximum Gasteiger partial charge on any atom is 0.268 e. The molecule has 168 valence electrons. The first-order valence-electron chi connectivity index (χ1n) is 10.8. The van der Waals surface area contributed by atoms with Gasteiger partial charge < -0.3 is 9.64 Å². The number of aromatic nitrogens is 2.